The van der Waals surface area contributed by atoms with Gasteiger partial charge >= 0.3 is 0 Å². The van der Waals surface area contributed by atoms with Crippen LogP contribution in [0.5, 0.6) is 0 Å². The van der Waals surface area contributed by atoms with E-state index in [4.69, 9.17) is 0 Å². The van der Waals surface area contributed by atoms with E-state index in [0.29, 0.717) is 5.25 Å². The SMILES string of the molecule is CSC1C=NC(C)=CC1. The fraction of sp³-hybridized carbons (Fsp3) is 0.571. The average molecular weight is 141 g/mol. The molecule has 0 saturated carbocycles. The highest BCUT2D eigenvalue weighted by atomic mass is 32.2. The lowest BCUT2D eigenvalue weighted by Crippen LogP contribution is -2.05. The first-order valence-electron chi connectivity index (χ1n) is 3.06. The first kappa shape index (κ1) is 6.87. The van der Waals surface area contributed by atoms with Gasteiger partial charge in [-0.05, 0) is 19.6 Å². The molecule has 0 fully saturated rings. The normalized spacial score (nSPS) is 26.0. The van der Waals surface area contributed by atoms with Crippen LogP contribution in [0.4, 0.5) is 0 Å². The summed E-state index contributed by atoms with van der Waals surface area (Å²) in [4.78, 5) is 4.20. The molecule has 1 atom stereocenters. The Kier molecular flexibility index (Phi) is 2.34. The molecule has 50 valence electrons. The van der Waals surface area contributed by atoms with Crippen molar-refractivity contribution in [1.82, 2.24) is 0 Å². The van der Waals surface area contributed by atoms with Gasteiger partial charge in [-0.2, -0.15) is 11.8 Å². The van der Waals surface area contributed by atoms with E-state index in [1.807, 2.05) is 24.9 Å². The van der Waals surface area contributed by atoms with Crippen molar-refractivity contribution in [1.29, 1.82) is 0 Å². The maximum Gasteiger partial charge on any atom is 0.0433 e. The van der Waals surface area contributed by atoms with Crippen molar-refractivity contribution < 1.29 is 0 Å². The van der Waals surface area contributed by atoms with Gasteiger partial charge in [0.25, 0.3) is 0 Å². The molecule has 9 heavy (non-hydrogen) atoms. The third-order valence-electron chi connectivity index (χ3n) is 1.39. The smallest absolute Gasteiger partial charge is 0.0433 e. The Morgan fingerprint density at radius 2 is 2.56 bits per heavy atom. The molecule has 0 aromatic heterocycles. The van der Waals surface area contributed by atoms with Crippen LogP contribution in [-0.2, 0) is 0 Å². The zero-order valence-corrected chi connectivity index (χ0v) is 6.61. The molecule has 0 saturated heterocycles. The van der Waals surface area contributed by atoms with Gasteiger partial charge in [0.1, 0.15) is 0 Å². The number of hydrogen-bond donors (Lipinski definition) is 0. The van der Waals surface area contributed by atoms with Gasteiger partial charge in [-0.3, -0.25) is 4.99 Å². The van der Waals surface area contributed by atoms with Crippen LogP contribution in [0.25, 0.3) is 0 Å². The summed E-state index contributed by atoms with van der Waals surface area (Å²) < 4.78 is 0. The van der Waals surface area contributed by atoms with E-state index >= 15 is 0 Å². The number of rotatable bonds is 1. The van der Waals surface area contributed by atoms with Gasteiger partial charge in [0, 0.05) is 17.2 Å². The summed E-state index contributed by atoms with van der Waals surface area (Å²) in [6.45, 7) is 2.03. The Balaban J connectivity index is 2.48. The second-order valence-corrected chi connectivity index (χ2v) is 3.21. The maximum absolute atomic E-state index is 4.20. The van der Waals surface area contributed by atoms with Gasteiger partial charge in [0.2, 0.25) is 0 Å². The summed E-state index contributed by atoms with van der Waals surface area (Å²) >= 11 is 1.85. The Bertz CT molecular complexity index is 149. The molecule has 0 N–H and O–H groups in total. The molecule has 1 unspecified atom stereocenters. The summed E-state index contributed by atoms with van der Waals surface area (Å²) in [5.74, 6) is 0. The second-order valence-electron chi connectivity index (χ2n) is 2.13. The van der Waals surface area contributed by atoms with E-state index in [2.05, 4.69) is 17.3 Å². The monoisotopic (exact) mass is 141 g/mol. The van der Waals surface area contributed by atoms with Crippen molar-refractivity contribution in [3.63, 3.8) is 0 Å². The van der Waals surface area contributed by atoms with Gasteiger partial charge in [-0.15, -0.1) is 0 Å². The molecule has 1 aliphatic rings. The van der Waals surface area contributed by atoms with Crippen LogP contribution in [0.1, 0.15) is 13.3 Å². The molecule has 1 rings (SSSR count). The van der Waals surface area contributed by atoms with Crippen molar-refractivity contribution in [3.8, 4) is 0 Å². The fourth-order valence-electron chi connectivity index (χ4n) is 0.758. The van der Waals surface area contributed by atoms with Crippen LogP contribution in [0.3, 0.4) is 0 Å². The van der Waals surface area contributed by atoms with Crippen LogP contribution < -0.4 is 0 Å². The molecule has 0 amide bonds. The number of aliphatic imine (C=N–C) groups is 1. The minimum atomic E-state index is 0.619. The average Bonchev–Trinajstić information content (AvgIpc) is 1.90. The van der Waals surface area contributed by atoms with Gasteiger partial charge in [0.15, 0.2) is 0 Å². The van der Waals surface area contributed by atoms with E-state index in [-0.39, 0.29) is 0 Å². The number of thioether (sulfide) groups is 1. The lowest BCUT2D eigenvalue weighted by Gasteiger charge is -2.09. The van der Waals surface area contributed by atoms with Crippen molar-refractivity contribution >= 4 is 18.0 Å². The van der Waals surface area contributed by atoms with Gasteiger partial charge in [-0.1, -0.05) is 6.08 Å². The molecule has 1 nitrogen and oxygen atoms in total. The lowest BCUT2D eigenvalue weighted by atomic mass is 10.2. The predicted octanol–water partition coefficient (Wildman–Crippen LogP) is 2.10. The minimum absolute atomic E-state index is 0.619. The van der Waals surface area contributed by atoms with Crippen LogP contribution in [0, 0.1) is 0 Å². The van der Waals surface area contributed by atoms with Gasteiger partial charge < -0.3 is 0 Å². The third kappa shape index (κ3) is 1.86. The number of hydrogen-bond acceptors (Lipinski definition) is 2. The van der Waals surface area contributed by atoms with Crippen molar-refractivity contribution in [3.05, 3.63) is 11.8 Å². The molecule has 0 spiro atoms. The highest BCUT2D eigenvalue weighted by molar-refractivity contribution is 7.99. The van der Waals surface area contributed by atoms with Crippen molar-refractivity contribution in [2.75, 3.05) is 6.26 Å². The van der Waals surface area contributed by atoms with E-state index in [0.717, 1.165) is 12.1 Å². The first-order chi connectivity index (χ1) is 4.33. The van der Waals surface area contributed by atoms with Gasteiger partial charge in [-0.25, -0.2) is 0 Å². The molecule has 0 radical (unpaired) electrons. The van der Waals surface area contributed by atoms with E-state index < -0.39 is 0 Å². The van der Waals surface area contributed by atoms with Crippen LogP contribution >= 0.6 is 11.8 Å². The van der Waals surface area contributed by atoms with E-state index in [1.54, 1.807) is 0 Å². The summed E-state index contributed by atoms with van der Waals surface area (Å²) in [6, 6.07) is 0. The Morgan fingerprint density at radius 3 is 3.00 bits per heavy atom. The number of nitrogens with zero attached hydrogens (tertiary/aromatic N) is 1. The molecule has 2 heteroatoms. The molecular weight excluding hydrogens is 130 g/mol. The van der Waals surface area contributed by atoms with Crippen molar-refractivity contribution in [2.45, 2.75) is 18.6 Å². The summed E-state index contributed by atoms with van der Waals surface area (Å²) in [6.07, 6.45) is 7.48. The Morgan fingerprint density at radius 1 is 1.78 bits per heavy atom. The van der Waals surface area contributed by atoms with Crippen LogP contribution in [0.15, 0.2) is 16.8 Å². The standard InChI is InChI=1S/C7H11NS/c1-6-3-4-7(9-2)5-8-6/h3,5,7H,4H2,1-2H3. The topological polar surface area (TPSA) is 12.4 Å². The molecule has 0 aliphatic carbocycles. The summed E-state index contributed by atoms with van der Waals surface area (Å²) in [5.41, 5.74) is 1.15. The Labute approximate surface area is 60.3 Å². The predicted molar refractivity (Wildman–Crippen MR) is 44.2 cm³/mol. The Hall–Kier alpha value is -0.240. The fourth-order valence-corrected chi connectivity index (χ4v) is 1.23. The van der Waals surface area contributed by atoms with Gasteiger partial charge in [0.05, 0.1) is 0 Å². The van der Waals surface area contributed by atoms with Crippen LogP contribution in [0.2, 0.25) is 0 Å². The first-order valence-corrected chi connectivity index (χ1v) is 4.35. The quantitative estimate of drug-likeness (QED) is 0.544. The largest absolute Gasteiger partial charge is 0.265 e. The summed E-state index contributed by atoms with van der Waals surface area (Å²) in [5, 5.41) is 0.619. The third-order valence-corrected chi connectivity index (χ3v) is 2.31. The molecule has 1 heterocycles. The molecular formula is C7H11NS. The van der Waals surface area contributed by atoms with E-state index in [1.165, 1.54) is 0 Å². The minimum Gasteiger partial charge on any atom is -0.265 e. The molecule has 0 aromatic carbocycles. The van der Waals surface area contributed by atoms with E-state index in [9.17, 15) is 0 Å². The molecule has 0 aromatic rings. The van der Waals surface area contributed by atoms with Crippen molar-refractivity contribution in [2.24, 2.45) is 4.99 Å². The molecule has 0 bridgehead atoms. The highest BCUT2D eigenvalue weighted by Gasteiger charge is 2.04. The highest BCUT2D eigenvalue weighted by Crippen LogP contribution is 2.15. The zero-order valence-electron chi connectivity index (χ0n) is 5.79. The maximum atomic E-state index is 4.20. The summed E-state index contributed by atoms with van der Waals surface area (Å²) in [7, 11) is 0. The number of allylic oxidation sites excluding steroid dienone is 2. The molecule has 1 aliphatic heterocycles. The second kappa shape index (κ2) is 3.06. The van der Waals surface area contributed by atoms with Crippen LogP contribution in [-0.4, -0.2) is 17.7 Å². The zero-order chi connectivity index (χ0) is 6.69. The lowest BCUT2D eigenvalue weighted by molar-refractivity contribution is 1.06.